The van der Waals surface area contributed by atoms with Crippen LogP contribution in [0.5, 0.6) is 0 Å². The predicted molar refractivity (Wildman–Crippen MR) is 90.1 cm³/mol. The molecule has 0 heterocycles. The topological polar surface area (TPSA) is 17.1 Å². The van der Waals surface area contributed by atoms with Crippen molar-refractivity contribution in [2.75, 3.05) is 0 Å². The molecule has 0 saturated carbocycles. The van der Waals surface area contributed by atoms with Gasteiger partial charge in [-0.25, -0.2) is 0 Å². The van der Waals surface area contributed by atoms with Crippen molar-refractivity contribution in [2.24, 2.45) is 0 Å². The normalized spacial score (nSPS) is 11.2. The highest BCUT2D eigenvalue weighted by Gasteiger charge is 1.93. The van der Waals surface area contributed by atoms with E-state index in [1.807, 2.05) is 6.08 Å². The summed E-state index contributed by atoms with van der Waals surface area (Å²) in [6.07, 6.45) is 25.2. The van der Waals surface area contributed by atoms with E-state index in [0.29, 0.717) is 0 Å². The van der Waals surface area contributed by atoms with Crippen LogP contribution in [0.3, 0.4) is 0 Å². The zero-order chi connectivity index (χ0) is 14.7. The van der Waals surface area contributed by atoms with Crippen molar-refractivity contribution in [1.82, 2.24) is 0 Å². The van der Waals surface area contributed by atoms with Crippen molar-refractivity contribution in [3.05, 3.63) is 12.2 Å². The molecule has 0 spiro atoms. The molecular weight excluding hydrogens is 244 g/mol. The van der Waals surface area contributed by atoms with Gasteiger partial charge in [0.2, 0.25) is 0 Å². The van der Waals surface area contributed by atoms with Gasteiger partial charge >= 0.3 is 0 Å². The molecule has 118 valence electrons. The summed E-state index contributed by atoms with van der Waals surface area (Å²) in [7, 11) is 0. The monoisotopic (exact) mass is 280 g/mol. The molecule has 0 saturated heterocycles. The van der Waals surface area contributed by atoms with E-state index in [-0.39, 0.29) is 0 Å². The van der Waals surface area contributed by atoms with E-state index in [1.165, 1.54) is 89.9 Å². The summed E-state index contributed by atoms with van der Waals surface area (Å²) >= 11 is 0. The smallest absolute Gasteiger partial charge is 0.142 e. The zero-order valence-corrected chi connectivity index (χ0v) is 13.7. The molecule has 1 heteroatoms. The fourth-order valence-corrected chi connectivity index (χ4v) is 2.61. The Balaban J connectivity index is 2.95. The summed E-state index contributed by atoms with van der Waals surface area (Å²) < 4.78 is 0. The molecule has 0 amide bonds. The first kappa shape index (κ1) is 19.4. The van der Waals surface area contributed by atoms with Gasteiger partial charge in [0.05, 0.1) is 0 Å². The summed E-state index contributed by atoms with van der Waals surface area (Å²) in [6, 6.07) is 0. The Morgan fingerprint density at radius 2 is 1.00 bits per heavy atom. The molecule has 0 unspecified atom stereocenters. The van der Waals surface area contributed by atoms with Crippen LogP contribution in [0.1, 0.15) is 103 Å². The van der Waals surface area contributed by atoms with Gasteiger partial charge in [0.25, 0.3) is 0 Å². The number of hydrogen-bond acceptors (Lipinski definition) is 1. The maximum atomic E-state index is 10.1. The number of rotatable bonds is 16. The SMILES string of the molecule is CCCCCCCCCCCCCCCC/C=C\C=O. The van der Waals surface area contributed by atoms with E-state index in [0.717, 1.165) is 12.7 Å². The van der Waals surface area contributed by atoms with E-state index >= 15 is 0 Å². The van der Waals surface area contributed by atoms with Crippen LogP contribution < -0.4 is 0 Å². The number of carbonyl (C=O) groups excluding carboxylic acids is 1. The lowest BCUT2D eigenvalue weighted by Gasteiger charge is -2.02. The average molecular weight is 280 g/mol. The Hall–Kier alpha value is -0.590. The molecule has 1 nitrogen and oxygen atoms in total. The molecule has 20 heavy (non-hydrogen) atoms. The molecule has 0 aromatic rings. The van der Waals surface area contributed by atoms with Gasteiger partial charge < -0.3 is 0 Å². The average Bonchev–Trinajstić information content (AvgIpc) is 2.47. The van der Waals surface area contributed by atoms with Crippen LogP contribution in [-0.2, 0) is 4.79 Å². The fraction of sp³-hybridized carbons (Fsp3) is 0.842. The molecule has 0 aliphatic heterocycles. The Labute approximate surface area is 127 Å². The number of allylic oxidation sites excluding steroid dienone is 2. The van der Waals surface area contributed by atoms with Crippen LogP contribution in [0, 0.1) is 0 Å². The van der Waals surface area contributed by atoms with Crippen molar-refractivity contribution >= 4 is 6.29 Å². The minimum atomic E-state index is 0.865. The first-order chi connectivity index (χ1) is 9.91. The van der Waals surface area contributed by atoms with Gasteiger partial charge in [-0.3, -0.25) is 4.79 Å². The number of carbonyl (C=O) groups is 1. The van der Waals surface area contributed by atoms with Crippen LogP contribution in [-0.4, -0.2) is 6.29 Å². The number of unbranched alkanes of at least 4 members (excludes halogenated alkanes) is 14. The van der Waals surface area contributed by atoms with Crippen LogP contribution in [0.25, 0.3) is 0 Å². The molecule has 0 bridgehead atoms. The molecule has 0 aliphatic carbocycles. The number of aldehydes is 1. The van der Waals surface area contributed by atoms with Gasteiger partial charge in [0.15, 0.2) is 0 Å². The van der Waals surface area contributed by atoms with Crippen LogP contribution in [0.4, 0.5) is 0 Å². The van der Waals surface area contributed by atoms with Crippen LogP contribution in [0.15, 0.2) is 12.2 Å². The van der Waals surface area contributed by atoms with Gasteiger partial charge in [-0.05, 0) is 18.9 Å². The van der Waals surface area contributed by atoms with Gasteiger partial charge in [-0.2, -0.15) is 0 Å². The van der Waals surface area contributed by atoms with Crippen molar-refractivity contribution in [1.29, 1.82) is 0 Å². The third-order valence-electron chi connectivity index (χ3n) is 3.94. The predicted octanol–water partition coefficient (Wildman–Crippen LogP) is 6.61. The summed E-state index contributed by atoms with van der Waals surface area (Å²) in [5, 5.41) is 0. The minimum absolute atomic E-state index is 0.865. The second kappa shape index (κ2) is 18.4. The van der Waals surface area contributed by atoms with Crippen LogP contribution in [0.2, 0.25) is 0 Å². The molecule has 0 rings (SSSR count). The minimum Gasteiger partial charge on any atom is -0.299 e. The highest BCUT2D eigenvalue weighted by Crippen LogP contribution is 2.13. The molecule has 0 aromatic carbocycles. The summed E-state index contributed by atoms with van der Waals surface area (Å²) in [4.78, 5) is 10.1. The molecular formula is C19H36O. The summed E-state index contributed by atoms with van der Waals surface area (Å²) in [5.41, 5.74) is 0. The number of hydrogen-bond donors (Lipinski definition) is 0. The Bertz CT molecular complexity index is 208. The molecule has 0 fully saturated rings. The molecule has 0 aliphatic rings. The fourth-order valence-electron chi connectivity index (χ4n) is 2.61. The quantitative estimate of drug-likeness (QED) is 0.176. The third kappa shape index (κ3) is 17.4. The maximum Gasteiger partial charge on any atom is 0.142 e. The largest absolute Gasteiger partial charge is 0.299 e. The molecule has 0 aromatic heterocycles. The third-order valence-corrected chi connectivity index (χ3v) is 3.94. The second-order valence-electron chi connectivity index (χ2n) is 5.95. The Kier molecular flexibility index (Phi) is 17.9. The van der Waals surface area contributed by atoms with E-state index in [2.05, 4.69) is 6.92 Å². The van der Waals surface area contributed by atoms with E-state index in [9.17, 15) is 4.79 Å². The van der Waals surface area contributed by atoms with E-state index in [1.54, 1.807) is 6.08 Å². The lowest BCUT2D eigenvalue weighted by Crippen LogP contribution is -1.83. The first-order valence-corrected chi connectivity index (χ1v) is 9.02. The van der Waals surface area contributed by atoms with Gasteiger partial charge in [-0.15, -0.1) is 0 Å². The highest BCUT2D eigenvalue weighted by atomic mass is 16.1. The van der Waals surface area contributed by atoms with E-state index < -0.39 is 0 Å². The Morgan fingerprint density at radius 1 is 0.600 bits per heavy atom. The Morgan fingerprint density at radius 3 is 1.40 bits per heavy atom. The highest BCUT2D eigenvalue weighted by molar-refractivity contribution is 5.64. The molecule has 0 radical (unpaired) electrons. The van der Waals surface area contributed by atoms with Crippen LogP contribution >= 0.6 is 0 Å². The van der Waals surface area contributed by atoms with E-state index in [4.69, 9.17) is 0 Å². The lowest BCUT2D eigenvalue weighted by molar-refractivity contribution is -0.104. The second-order valence-corrected chi connectivity index (χ2v) is 5.95. The summed E-state index contributed by atoms with van der Waals surface area (Å²) in [6.45, 7) is 2.28. The zero-order valence-electron chi connectivity index (χ0n) is 13.7. The van der Waals surface area contributed by atoms with Crippen molar-refractivity contribution in [3.8, 4) is 0 Å². The lowest BCUT2D eigenvalue weighted by atomic mass is 10.0. The van der Waals surface area contributed by atoms with Gasteiger partial charge in [0.1, 0.15) is 6.29 Å². The van der Waals surface area contributed by atoms with Gasteiger partial charge in [-0.1, -0.05) is 96.5 Å². The van der Waals surface area contributed by atoms with Crippen molar-refractivity contribution in [3.63, 3.8) is 0 Å². The summed E-state index contributed by atoms with van der Waals surface area (Å²) in [5.74, 6) is 0. The standard InChI is InChI=1S/C19H36O/c1-2-3-4-5-6-7-8-9-10-11-12-13-14-15-16-17-18-19-20/h17-19H,2-16H2,1H3/b18-17-. The molecule has 0 N–H and O–H groups in total. The van der Waals surface area contributed by atoms with Crippen molar-refractivity contribution < 1.29 is 4.79 Å². The van der Waals surface area contributed by atoms with Crippen molar-refractivity contribution in [2.45, 2.75) is 103 Å². The molecule has 0 atom stereocenters. The first-order valence-electron chi connectivity index (χ1n) is 9.02. The van der Waals surface area contributed by atoms with Gasteiger partial charge in [0, 0.05) is 0 Å². The maximum absolute atomic E-state index is 10.1.